The molecule has 7 nitrogen and oxygen atoms in total. The van der Waals surface area contributed by atoms with Crippen LogP contribution in [0, 0.1) is 5.92 Å². The molecular formula is C20H31N3O4S. The zero-order valence-electron chi connectivity index (χ0n) is 17.2. The monoisotopic (exact) mass is 409 g/mol. The van der Waals surface area contributed by atoms with Gasteiger partial charge >= 0.3 is 0 Å². The van der Waals surface area contributed by atoms with Crippen LogP contribution in [0.4, 0.5) is 0 Å². The minimum atomic E-state index is -3.68. The Balaban J connectivity index is 1.97. The summed E-state index contributed by atoms with van der Waals surface area (Å²) in [4.78, 5) is 16.6. The Morgan fingerprint density at radius 1 is 1.21 bits per heavy atom. The minimum Gasteiger partial charge on any atom is -0.487 e. The molecule has 0 saturated carbocycles. The van der Waals surface area contributed by atoms with Crippen LogP contribution >= 0.6 is 0 Å². The fraction of sp³-hybridized carbons (Fsp3) is 0.650. The van der Waals surface area contributed by atoms with Crippen molar-refractivity contribution in [1.82, 2.24) is 14.1 Å². The largest absolute Gasteiger partial charge is 0.487 e. The molecule has 0 spiro atoms. The number of amides is 1. The Kier molecular flexibility index (Phi) is 6.31. The summed E-state index contributed by atoms with van der Waals surface area (Å²) in [6.45, 7) is 5.94. The summed E-state index contributed by atoms with van der Waals surface area (Å²) in [7, 11) is 0.189. The highest BCUT2D eigenvalue weighted by molar-refractivity contribution is 7.89. The lowest BCUT2D eigenvalue weighted by Crippen LogP contribution is -2.49. The maximum atomic E-state index is 13.5. The zero-order chi connectivity index (χ0) is 20.5. The van der Waals surface area contributed by atoms with Gasteiger partial charge < -0.3 is 14.5 Å². The Morgan fingerprint density at radius 3 is 2.57 bits per heavy atom. The number of benzene rings is 1. The number of likely N-dealkylation sites (N-methyl/N-ethyl adjacent to an activating group) is 1. The summed E-state index contributed by atoms with van der Waals surface area (Å²) >= 11 is 0. The first kappa shape index (κ1) is 21.1. The lowest BCUT2D eigenvalue weighted by atomic mass is 10.1. The van der Waals surface area contributed by atoms with Crippen LogP contribution in [0.3, 0.4) is 0 Å². The quantitative estimate of drug-likeness (QED) is 0.756. The highest BCUT2D eigenvalue weighted by atomic mass is 32.2. The predicted molar refractivity (Wildman–Crippen MR) is 108 cm³/mol. The summed E-state index contributed by atoms with van der Waals surface area (Å²) in [5, 5.41) is 0. The molecule has 1 aromatic carbocycles. The van der Waals surface area contributed by atoms with Gasteiger partial charge in [-0.1, -0.05) is 26.0 Å². The SMILES string of the molecule is CC(C)C(=O)N1CC[C@@H]2Oc3ccccc3S(=O)(=O)N(CCN(C)C)[C@H]2CC1. The van der Waals surface area contributed by atoms with Crippen LogP contribution in [0.1, 0.15) is 26.7 Å². The van der Waals surface area contributed by atoms with E-state index in [9.17, 15) is 13.2 Å². The summed E-state index contributed by atoms with van der Waals surface area (Å²) in [6.07, 6.45) is 0.917. The Hall–Kier alpha value is -1.64. The molecule has 2 atom stereocenters. The second-order valence-corrected chi connectivity index (χ2v) is 10.0. The van der Waals surface area contributed by atoms with E-state index in [1.807, 2.05) is 37.7 Å². The van der Waals surface area contributed by atoms with E-state index in [0.29, 0.717) is 44.8 Å². The van der Waals surface area contributed by atoms with E-state index in [1.54, 1.807) is 28.6 Å². The second kappa shape index (κ2) is 8.39. The molecule has 0 N–H and O–H groups in total. The van der Waals surface area contributed by atoms with Crippen molar-refractivity contribution < 1.29 is 17.9 Å². The summed E-state index contributed by atoms with van der Waals surface area (Å²) in [5.41, 5.74) is 0. The molecule has 2 aliphatic rings. The standard InChI is InChI=1S/C20H31N3O4S/c1-15(2)20(24)22-11-9-16-17(10-12-22)27-18-7-5-6-8-19(18)28(25,26)23(16)14-13-21(3)4/h5-8,15-17H,9-14H2,1-4H3/t16-,17-/m0/s1. The average molecular weight is 410 g/mol. The molecule has 156 valence electrons. The van der Waals surface area contributed by atoms with E-state index < -0.39 is 10.0 Å². The van der Waals surface area contributed by atoms with Crippen molar-refractivity contribution in [3.05, 3.63) is 24.3 Å². The van der Waals surface area contributed by atoms with Crippen LogP contribution in [0.2, 0.25) is 0 Å². The molecule has 28 heavy (non-hydrogen) atoms. The third kappa shape index (κ3) is 4.18. The van der Waals surface area contributed by atoms with E-state index in [-0.39, 0.29) is 28.9 Å². The normalized spacial score (nSPS) is 24.9. The maximum Gasteiger partial charge on any atom is 0.247 e. The molecule has 0 aliphatic carbocycles. The van der Waals surface area contributed by atoms with Gasteiger partial charge in [0.1, 0.15) is 16.7 Å². The van der Waals surface area contributed by atoms with E-state index >= 15 is 0 Å². The van der Waals surface area contributed by atoms with Gasteiger partial charge in [-0.15, -0.1) is 0 Å². The van der Waals surface area contributed by atoms with E-state index in [2.05, 4.69) is 0 Å². The maximum absolute atomic E-state index is 13.5. The number of para-hydroxylation sites is 1. The van der Waals surface area contributed by atoms with Crippen molar-refractivity contribution >= 4 is 15.9 Å². The fourth-order valence-corrected chi connectivity index (χ4v) is 5.72. The third-order valence-corrected chi connectivity index (χ3v) is 7.43. The molecular weight excluding hydrogens is 378 g/mol. The van der Waals surface area contributed by atoms with Gasteiger partial charge in [0.25, 0.3) is 0 Å². The lowest BCUT2D eigenvalue weighted by Gasteiger charge is -2.32. The van der Waals surface area contributed by atoms with Crippen LogP contribution in [0.5, 0.6) is 5.75 Å². The average Bonchev–Trinajstić information content (AvgIpc) is 2.88. The van der Waals surface area contributed by atoms with Crippen molar-refractivity contribution in [2.45, 2.75) is 43.7 Å². The van der Waals surface area contributed by atoms with Crippen LogP contribution < -0.4 is 4.74 Å². The number of carbonyl (C=O) groups excluding carboxylic acids is 1. The van der Waals surface area contributed by atoms with Crippen molar-refractivity contribution in [3.8, 4) is 5.75 Å². The van der Waals surface area contributed by atoms with Gasteiger partial charge in [0, 0.05) is 38.5 Å². The number of rotatable bonds is 4. The van der Waals surface area contributed by atoms with Gasteiger partial charge in [-0.25, -0.2) is 8.42 Å². The molecule has 0 bridgehead atoms. The number of hydrogen-bond donors (Lipinski definition) is 0. The number of hydrogen-bond acceptors (Lipinski definition) is 5. The molecule has 1 amide bonds. The van der Waals surface area contributed by atoms with Crippen LogP contribution in [0.15, 0.2) is 29.2 Å². The van der Waals surface area contributed by atoms with Crippen LogP contribution in [-0.2, 0) is 14.8 Å². The van der Waals surface area contributed by atoms with Crippen molar-refractivity contribution in [2.24, 2.45) is 5.92 Å². The molecule has 1 fully saturated rings. The minimum absolute atomic E-state index is 0.0712. The molecule has 3 rings (SSSR count). The summed E-state index contributed by atoms with van der Waals surface area (Å²) in [5.74, 6) is 0.450. The van der Waals surface area contributed by atoms with Crippen molar-refractivity contribution in [1.29, 1.82) is 0 Å². The number of nitrogens with zero attached hydrogens (tertiary/aromatic N) is 3. The molecule has 1 aromatic rings. The van der Waals surface area contributed by atoms with Gasteiger partial charge in [-0.3, -0.25) is 4.79 Å². The molecule has 0 aromatic heterocycles. The first-order chi connectivity index (χ1) is 13.2. The molecule has 0 unspecified atom stereocenters. The zero-order valence-corrected chi connectivity index (χ0v) is 18.0. The number of fused-ring (bicyclic) bond motifs is 2. The number of carbonyl (C=O) groups is 1. The van der Waals surface area contributed by atoms with Crippen molar-refractivity contribution in [2.75, 3.05) is 40.3 Å². The Labute approximate surface area is 168 Å². The van der Waals surface area contributed by atoms with Crippen LogP contribution in [-0.4, -0.2) is 80.9 Å². The Bertz CT molecular complexity index is 809. The van der Waals surface area contributed by atoms with Gasteiger partial charge in [0.2, 0.25) is 15.9 Å². The summed E-state index contributed by atoms with van der Waals surface area (Å²) in [6, 6.07) is 6.58. The topological polar surface area (TPSA) is 70.2 Å². The fourth-order valence-electron chi connectivity index (χ4n) is 3.93. The molecule has 0 radical (unpaired) electrons. The number of sulfonamides is 1. The van der Waals surface area contributed by atoms with Crippen LogP contribution in [0.25, 0.3) is 0 Å². The molecule has 1 saturated heterocycles. The number of ether oxygens (including phenoxy) is 1. The highest BCUT2D eigenvalue weighted by Gasteiger charge is 2.43. The first-order valence-electron chi connectivity index (χ1n) is 9.93. The molecule has 2 aliphatic heterocycles. The van der Waals surface area contributed by atoms with Gasteiger partial charge in [-0.05, 0) is 32.6 Å². The smallest absolute Gasteiger partial charge is 0.247 e. The lowest BCUT2D eigenvalue weighted by molar-refractivity contribution is -0.134. The van der Waals surface area contributed by atoms with E-state index in [0.717, 1.165) is 0 Å². The van der Waals surface area contributed by atoms with Crippen molar-refractivity contribution in [3.63, 3.8) is 0 Å². The summed E-state index contributed by atoms with van der Waals surface area (Å²) < 4.78 is 34.8. The highest BCUT2D eigenvalue weighted by Crippen LogP contribution is 2.36. The predicted octanol–water partition coefficient (Wildman–Crippen LogP) is 1.65. The van der Waals surface area contributed by atoms with Gasteiger partial charge in [-0.2, -0.15) is 4.31 Å². The van der Waals surface area contributed by atoms with E-state index in [4.69, 9.17) is 4.74 Å². The Morgan fingerprint density at radius 2 is 1.89 bits per heavy atom. The van der Waals surface area contributed by atoms with Gasteiger partial charge in [0.05, 0.1) is 6.04 Å². The number of likely N-dealkylation sites (tertiary alicyclic amines) is 1. The molecule has 8 heteroatoms. The third-order valence-electron chi connectivity index (χ3n) is 5.46. The second-order valence-electron chi connectivity index (χ2n) is 8.15. The molecule has 2 heterocycles. The first-order valence-corrected chi connectivity index (χ1v) is 11.4. The van der Waals surface area contributed by atoms with E-state index in [1.165, 1.54) is 0 Å². The van der Waals surface area contributed by atoms with Gasteiger partial charge in [0.15, 0.2) is 0 Å².